The Kier molecular flexibility index (Phi) is 4.72. The fraction of sp³-hybridized carbons (Fsp3) is 0.667. The third-order valence-electron chi connectivity index (χ3n) is 4.27. The molecule has 0 bridgehead atoms. The van der Waals surface area contributed by atoms with Crippen LogP contribution in [0.1, 0.15) is 31.7 Å². The van der Waals surface area contributed by atoms with Crippen LogP contribution in [0.25, 0.3) is 0 Å². The van der Waals surface area contributed by atoms with Crippen molar-refractivity contribution in [3.63, 3.8) is 0 Å². The molecule has 0 aliphatic heterocycles. The first-order valence-electron chi connectivity index (χ1n) is 7.00. The van der Waals surface area contributed by atoms with Crippen LogP contribution in [-0.2, 0) is 6.54 Å². The highest BCUT2D eigenvalue weighted by Gasteiger charge is 2.30. The molecule has 0 saturated heterocycles. The van der Waals surface area contributed by atoms with Crippen LogP contribution in [0.5, 0.6) is 0 Å². The van der Waals surface area contributed by atoms with Crippen molar-refractivity contribution in [3.05, 3.63) is 30.1 Å². The van der Waals surface area contributed by atoms with E-state index in [4.69, 9.17) is 5.73 Å². The largest absolute Gasteiger partial charge is 0.330 e. The van der Waals surface area contributed by atoms with E-state index in [0.717, 1.165) is 19.0 Å². The molecule has 1 aliphatic carbocycles. The number of pyridine rings is 1. The molecule has 1 heterocycles. The van der Waals surface area contributed by atoms with E-state index in [1.54, 1.807) is 0 Å². The molecule has 1 aromatic rings. The van der Waals surface area contributed by atoms with Crippen LogP contribution in [0.15, 0.2) is 24.5 Å². The van der Waals surface area contributed by atoms with E-state index < -0.39 is 0 Å². The summed E-state index contributed by atoms with van der Waals surface area (Å²) in [6.45, 7) is 4.18. The number of rotatable bonds is 4. The average Bonchev–Trinajstić information content (AvgIpc) is 2.40. The molecule has 3 atom stereocenters. The summed E-state index contributed by atoms with van der Waals surface area (Å²) < 4.78 is 0. The molecule has 3 nitrogen and oxygen atoms in total. The van der Waals surface area contributed by atoms with Gasteiger partial charge in [0.2, 0.25) is 0 Å². The Morgan fingerprint density at radius 1 is 1.33 bits per heavy atom. The Bertz CT molecular complexity index is 352. The Labute approximate surface area is 110 Å². The molecular weight excluding hydrogens is 222 g/mol. The van der Waals surface area contributed by atoms with E-state index in [1.165, 1.54) is 24.8 Å². The molecule has 2 rings (SSSR count). The van der Waals surface area contributed by atoms with E-state index in [9.17, 15) is 0 Å². The predicted octanol–water partition coefficient (Wildman–Crippen LogP) is 2.28. The molecule has 18 heavy (non-hydrogen) atoms. The topological polar surface area (TPSA) is 42.1 Å². The second kappa shape index (κ2) is 6.30. The molecule has 1 saturated carbocycles. The summed E-state index contributed by atoms with van der Waals surface area (Å²) in [5.41, 5.74) is 7.27. The van der Waals surface area contributed by atoms with Crippen molar-refractivity contribution in [2.24, 2.45) is 17.6 Å². The minimum atomic E-state index is 0.631. The van der Waals surface area contributed by atoms with Crippen molar-refractivity contribution >= 4 is 0 Å². The van der Waals surface area contributed by atoms with E-state index in [1.807, 2.05) is 12.4 Å². The molecule has 1 aromatic heterocycles. The smallest absolute Gasteiger partial charge is 0.0271 e. The third-order valence-corrected chi connectivity index (χ3v) is 4.27. The summed E-state index contributed by atoms with van der Waals surface area (Å²) in [7, 11) is 2.23. The fourth-order valence-corrected chi connectivity index (χ4v) is 3.12. The number of hydrogen-bond acceptors (Lipinski definition) is 3. The molecule has 1 aliphatic rings. The first kappa shape index (κ1) is 13.5. The number of nitrogens with two attached hydrogens (primary N) is 1. The minimum absolute atomic E-state index is 0.631. The lowest BCUT2D eigenvalue weighted by atomic mass is 9.78. The zero-order valence-electron chi connectivity index (χ0n) is 11.5. The van der Waals surface area contributed by atoms with Gasteiger partial charge in [-0.3, -0.25) is 9.88 Å². The van der Waals surface area contributed by atoms with Gasteiger partial charge in [0.05, 0.1) is 0 Å². The van der Waals surface area contributed by atoms with Crippen molar-refractivity contribution in [2.75, 3.05) is 13.6 Å². The van der Waals surface area contributed by atoms with Gasteiger partial charge in [0.1, 0.15) is 0 Å². The van der Waals surface area contributed by atoms with Gasteiger partial charge in [-0.15, -0.1) is 0 Å². The summed E-state index contributed by atoms with van der Waals surface area (Å²) in [6.07, 6.45) is 7.63. The van der Waals surface area contributed by atoms with Crippen molar-refractivity contribution < 1.29 is 0 Å². The van der Waals surface area contributed by atoms with Crippen LogP contribution < -0.4 is 5.73 Å². The van der Waals surface area contributed by atoms with Crippen molar-refractivity contribution in [1.82, 2.24) is 9.88 Å². The maximum absolute atomic E-state index is 5.93. The summed E-state index contributed by atoms with van der Waals surface area (Å²) in [4.78, 5) is 6.54. The average molecular weight is 247 g/mol. The Morgan fingerprint density at radius 2 is 2.06 bits per heavy atom. The van der Waals surface area contributed by atoms with E-state index >= 15 is 0 Å². The Morgan fingerprint density at radius 3 is 2.72 bits per heavy atom. The van der Waals surface area contributed by atoms with Gasteiger partial charge in [-0.25, -0.2) is 0 Å². The Balaban J connectivity index is 1.99. The number of aromatic nitrogens is 1. The van der Waals surface area contributed by atoms with Crippen molar-refractivity contribution in [2.45, 2.75) is 38.8 Å². The van der Waals surface area contributed by atoms with Gasteiger partial charge in [-0.1, -0.05) is 13.3 Å². The maximum Gasteiger partial charge on any atom is 0.0271 e. The molecule has 3 unspecified atom stereocenters. The van der Waals surface area contributed by atoms with Gasteiger partial charge in [0, 0.05) is 25.0 Å². The third kappa shape index (κ3) is 3.30. The van der Waals surface area contributed by atoms with Gasteiger partial charge in [-0.05, 0) is 56.0 Å². The summed E-state index contributed by atoms with van der Waals surface area (Å²) in [6, 6.07) is 4.83. The normalized spacial score (nSPS) is 28.6. The van der Waals surface area contributed by atoms with Crippen LogP contribution >= 0.6 is 0 Å². The van der Waals surface area contributed by atoms with E-state index in [0.29, 0.717) is 12.0 Å². The predicted molar refractivity (Wildman–Crippen MR) is 75.1 cm³/mol. The van der Waals surface area contributed by atoms with Crippen LogP contribution in [-0.4, -0.2) is 29.5 Å². The first-order valence-corrected chi connectivity index (χ1v) is 7.00. The van der Waals surface area contributed by atoms with Gasteiger partial charge < -0.3 is 5.73 Å². The molecule has 0 radical (unpaired) electrons. The molecule has 100 valence electrons. The van der Waals surface area contributed by atoms with Crippen molar-refractivity contribution in [1.29, 1.82) is 0 Å². The lowest BCUT2D eigenvalue weighted by Gasteiger charge is -2.40. The molecule has 2 N–H and O–H groups in total. The monoisotopic (exact) mass is 247 g/mol. The lowest BCUT2D eigenvalue weighted by molar-refractivity contribution is 0.103. The highest BCUT2D eigenvalue weighted by Crippen LogP contribution is 2.31. The number of hydrogen-bond donors (Lipinski definition) is 1. The lowest BCUT2D eigenvalue weighted by Crippen LogP contribution is -2.44. The van der Waals surface area contributed by atoms with Crippen LogP contribution in [0.3, 0.4) is 0 Å². The molecule has 0 spiro atoms. The van der Waals surface area contributed by atoms with Crippen LogP contribution in [0.2, 0.25) is 0 Å². The first-order chi connectivity index (χ1) is 8.70. The second-order valence-corrected chi connectivity index (χ2v) is 5.75. The van der Waals surface area contributed by atoms with Gasteiger partial charge in [0.25, 0.3) is 0 Å². The van der Waals surface area contributed by atoms with Gasteiger partial charge >= 0.3 is 0 Å². The van der Waals surface area contributed by atoms with Gasteiger partial charge in [-0.2, -0.15) is 0 Å². The highest BCUT2D eigenvalue weighted by molar-refractivity contribution is 5.09. The quantitative estimate of drug-likeness (QED) is 0.887. The van der Waals surface area contributed by atoms with Gasteiger partial charge in [0.15, 0.2) is 0 Å². The SMILES string of the molecule is CC1CCC(CN)C(N(C)Cc2ccncc2)C1. The Hall–Kier alpha value is -0.930. The zero-order chi connectivity index (χ0) is 13.0. The highest BCUT2D eigenvalue weighted by atomic mass is 15.1. The zero-order valence-corrected chi connectivity index (χ0v) is 11.5. The standard InChI is InChI=1S/C15H25N3/c1-12-3-4-14(10-16)15(9-12)18(2)11-13-5-7-17-8-6-13/h5-8,12,14-15H,3-4,9-11,16H2,1-2H3. The number of nitrogens with zero attached hydrogens (tertiary/aromatic N) is 2. The molecule has 3 heteroatoms. The summed E-state index contributed by atoms with van der Waals surface area (Å²) >= 11 is 0. The summed E-state index contributed by atoms with van der Waals surface area (Å²) in [5.74, 6) is 1.49. The summed E-state index contributed by atoms with van der Waals surface area (Å²) in [5, 5.41) is 0. The molecule has 1 fully saturated rings. The van der Waals surface area contributed by atoms with Crippen molar-refractivity contribution in [3.8, 4) is 0 Å². The van der Waals surface area contributed by atoms with Crippen LogP contribution in [0.4, 0.5) is 0 Å². The maximum atomic E-state index is 5.93. The van der Waals surface area contributed by atoms with Crippen LogP contribution in [0, 0.1) is 11.8 Å². The fourth-order valence-electron chi connectivity index (χ4n) is 3.12. The molecule has 0 amide bonds. The second-order valence-electron chi connectivity index (χ2n) is 5.75. The molecular formula is C15H25N3. The molecule has 0 aromatic carbocycles. The minimum Gasteiger partial charge on any atom is -0.330 e. The van der Waals surface area contributed by atoms with E-state index in [-0.39, 0.29) is 0 Å². The van der Waals surface area contributed by atoms with E-state index in [2.05, 4.69) is 36.0 Å².